The van der Waals surface area contributed by atoms with E-state index in [-0.39, 0.29) is 6.61 Å². The molecule has 0 atom stereocenters. The van der Waals surface area contributed by atoms with Crippen LogP contribution in [0.3, 0.4) is 0 Å². The van der Waals surface area contributed by atoms with E-state index in [2.05, 4.69) is 10.5 Å². The predicted octanol–water partition coefficient (Wildman–Crippen LogP) is 2.74. The van der Waals surface area contributed by atoms with Crippen LogP contribution in [-0.2, 0) is 4.79 Å². The number of carbonyl (C=O) groups excluding carboxylic acids is 1. The largest absolute Gasteiger partial charge is 0.482 e. The lowest BCUT2D eigenvalue weighted by Crippen LogP contribution is -2.24. The fourth-order valence-electron chi connectivity index (χ4n) is 1.59. The molecule has 0 fully saturated rings. The second-order valence-electron chi connectivity index (χ2n) is 4.24. The fraction of sp³-hybridized carbons (Fsp3) is 0.0625. The van der Waals surface area contributed by atoms with E-state index in [1.54, 1.807) is 48.5 Å². The van der Waals surface area contributed by atoms with Crippen LogP contribution < -0.4 is 10.2 Å². The van der Waals surface area contributed by atoms with E-state index in [1.165, 1.54) is 6.21 Å². The van der Waals surface area contributed by atoms with Gasteiger partial charge in [0.15, 0.2) is 6.61 Å². The van der Waals surface area contributed by atoms with Gasteiger partial charge in [-0.1, -0.05) is 35.9 Å². The molecule has 0 unspecified atom stereocenters. The Morgan fingerprint density at radius 2 is 2.00 bits per heavy atom. The van der Waals surface area contributed by atoms with Crippen molar-refractivity contribution in [2.24, 2.45) is 5.10 Å². The number of carbonyl (C=O) groups is 1. The summed E-state index contributed by atoms with van der Waals surface area (Å²) in [5.74, 6) is -0.0558. The molecule has 0 aliphatic carbocycles. The molecule has 110 valence electrons. The topological polar surface area (TPSA) is 74.5 Å². The Morgan fingerprint density at radius 1 is 1.27 bits per heavy atom. The minimum absolute atomic E-state index is 0.226. The Balaban J connectivity index is 1.83. The summed E-state index contributed by atoms with van der Waals surface area (Å²) in [7, 11) is 0. The highest BCUT2D eigenvalue weighted by Gasteiger charge is 2.05. The molecule has 0 aromatic heterocycles. The molecule has 22 heavy (non-hydrogen) atoms. The van der Waals surface area contributed by atoms with Crippen molar-refractivity contribution in [3.63, 3.8) is 0 Å². The maximum atomic E-state index is 11.6. The lowest BCUT2D eigenvalue weighted by atomic mass is 10.2. The summed E-state index contributed by atoms with van der Waals surface area (Å²) in [5.41, 5.74) is 3.52. The van der Waals surface area contributed by atoms with E-state index in [9.17, 15) is 4.79 Å². The molecular formula is C16H12ClN3O2. The van der Waals surface area contributed by atoms with Crippen LogP contribution in [0, 0.1) is 11.3 Å². The molecule has 2 aromatic carbocycles. The van der Waals surface area contributed by atoms with E-state index < -0.39 is 5.91 Å². The van der Waals surface area contributed by atoms with Gasteiger partial charge in [-0.15, -0.1) is 0 Å². The molecule has 0 radical (unpaired) electrons. The number of amides is 1. The van der Waals surface area contributed by atoms with Crippen LogP contribution in [0.4, 0.5) is 0 Å². The van der Waals surface area contributed by atoms with Gasteiger partial charge in [0, 0.05) is 5.02 Å². The maximum Gasteiger partial charge on any atom is 0.277 e. The van der Waals surface area contributed by atoms with Gasteiger partial charge in [0.25, 0.3) is 5.91 Å². The van der Waals surface area contributed by atoms with Crippen molar-refractivity contribution in [2.75, 3.05) is 6.61 Å². The molecule has 0 spiro atoms. The van der Waals surface area contributed by atoms with Gasteiger partial charge in [-0.3, -0.25) is 4.79 Å². The third kappa shape index (κ3) is 4.62. The summed E-state index contributed by atoms with van der Waals surface area (Å²) >= 11 is 5.77. The van der Waals surface area contributed by atoms with Gasteiger partial charge in [0.2, 0.25) is 0 Å². The van der Waals surface area contributed by atoms with Crippen molar-refractivity contribution < 1.29 is 9.53 Å². The number of nitrogens with zero attached hydrogens (tertiary/aromatic N) is 2. The van der Waals surface area contributed by atoms with Crippen LogP contribution in [-0.4, -0.2) is 18.7 Å². The van der Waals surface area contributed by atoms with Gasteiger partial charge < -0.3 is 4.74 Å². The first kappa shape index (κ1) is 15.5. The lowest BCUT2D eigenvalue weighted by Gasteiger charge is -2.06. The number of benzene rings is 2. The highest BCUT2D eigenvalue weighted by Crippen LogP contribution is 2.16. The molecule has 0 aliphatic rings. The number of halogens is 1. The van der Waals surface area contributed by atoms with Crippen LogP contribution in [0.5, 0.6) is 5.75 Å². The molecule has 2 rings (SSSR count). The van der Waals surface area contributed by atoms with Crippen molar-refractivity contribution >= 4 is 23.7 Å². The van der Waals surface area contributed by atoms with Crippen molar-refractivity contribution in [1.29, 1.82) is 5.26 Å². The van der Waals surface area contributed by atoms with E-state index in [4.69, 9.17) is 21.6 Å². The van der Waals surface area contributed by atoms with Gasteiger partial charge in [-0.05, 0) is 29.8 Å². The Morgan fingerprint density at radius 3 is 2.73 bits per heavy atom. The minimum Gasteiger partial charge on any atom is -0.482 e. The Bertz CT molecular complexity index is 721. The van der Waals surface area contributed by atoms with Crippen LogP contribution in [0.25, 0.3) is 0 Å². The average molecular weight is 314 g/mol. The number of hydrazone groups is 1. The average Bonchev–Trinajstić information content (AvgIpc) is 2.55. The molecule has 0 aliphatic heterocycles. The zero-order chi connectivity index (χ0) is 15.8. The van der Waals surface area contributed by atoms with Crippen molar-refractivity contribution in [3.05, 3.63) is 64.7 Å². The van der Waals surface area contributed by atoms with E-state index in [1.807, 2.05) is 6.07 Å². The van der Waals surface area contributed by atoms with E-state index >= 15 is 0 Å². The normalized spacial score (nSPS) is 10.2. The number of para-hydroxylation sites is 1. The van der Waals surface area contributed by atoms with Crippen molar-refractivity contribution in [3.8, 4) is 11.8 Å². The van der Waals surface area contributed by atoms with Crippen LogP contribution >= 0.6 is 11.6 Å². The third-order valence-corrected chi connectivity index (χ3v) is 2.89. The standard InChI is InChI=1S/C16H12ClN3O2/c17-14-7-5-12(6-8-14)10-19-20-16(21)11-22-15-4-2-1-3-13(15)9-18/h1-8,10H,11H2,(H,20,21)/b19-10+. The Kier molecular flexibility index (Phi) is 5.52. The Labute approximate surface area is 132 Å². The highest BCUT2D eigenvalue weighted by molar-refractivity contribution is 6.30. The maximum absolute atomic E-state index is 11.6. The third-order valence-electron chi connectivity index (χ3n) is 2.64. The molecule has 2 aromatic rings. The zero-order valence-corrected chi connectivity index (χ0v) is 12.2. The van der Waals surface area contributed by atoms with Crippen LogP contribution in [0.2, 0.25) is 5.02 Å². The SMILES string of the molecule is N#Cc1ccccc1OCC(=O)N/N=C/c1ccc(Cl)cc1. The quantitative estimate of drug-likeness (QED) is 0.681. The van der Waals surface area contributed by atoms with Crippen molar-refractivity contribution in [1.82, 2.24) is 5.43 Å². The zero-order valence-electron chi connectivity index (χ0n) is 11.5. The number of nitriles is 1. The number of hydrogen-bond acceptors (Lipinski definition) is 4. The number of nitrogens with one attached hydrogen (secondary N) is 1. The summed E-state index contributed by atoms with van der Waals surface area (Å²) in [6, 6.07) is 15.7. The summed E-state index contributed by atoms with van der Waals surface area (Å²) in [5, 5.41) is 13.4. The molecule has 0 saturated carbocycles. The predicted molar refractivity (Wildman–Crippen MR) is 83.8 cm³/mol. The molecule has 5 nitrogen and oxygen atoms in total. The first-order valence-corrected chi connectivity index (χ1v) is 6.76. The van der Waals surface area contributed by atoms with Crippen LogP contribution in [0.15, 0.2) is 53.6 Å². The smallest absolute Gasteiger partial charge is 0.277 e. The van der Waals surface area contributed by atoms with Gasteiger partial charge >= 0.3 is 0 Å². The first-order chi connectivity index (χ1) is 10.7. The summed E-state index contributed by atoms with van der Waals surface area (Å²) in [6.45, 7) is -0.226. The molecule has 0 bridgehead atoms. The Hall–Kier alpha value is -2.84. The van der Waals surface area contributed by atoms with Crippen molar-refractivity contribution in [2.45, 2.75) is 0 Å². The van der Waals surface area contributed by atoms with E-state index in [0.29, 0.717) is 16.3 Å². The summed E-state index contributed by atoms with van der Waals surface area (Å²) < 4.78 is 5.28. The minimum atomic E-state index is -0.419. The van der Waals surface area contributed by atoms with E-state index in [0.717, 1.165) is 5.56 Å². The second kappa shape index (κ2) is 7.81. The number of ether oxygens (including phenoxy) is 1. The van der Waals surface area contributed by atoms with Crippen LogP contribution in [0.1, 0.15) is 11.1 Å². The lowest BCUT2D eigenvalue weighted by molar-refractivity contribution is -0.123. The first-order valence-electron chi connectivity index (χ1n) is 6.38. The molecular weight excluding hydrogens is 302 g/mol. The fourth-order valence-corrected chi connectivity index (χ4v) is 1.71. The number of hydrogen-bond donors (Lipinski definition) is 1. The van der Waals surface area contributed by atoms with Gasteiger partial charge in [0.05, 0.1) is 11.8 Å². The molecule has 0 heterocycles. The monoisotopic (exact) mass is 313 g/mol. The summed E-state index contributed by atoms with van der Waals surface area (Å²) in [4.78, 5) is 11.6. The number of rotatable bonds is 5. The molecule has 1 N–H and O–H groups in total. The van der Waals surface area contributed by atoms with Gasteiger partial charge in [0.1, 0.15) is 11.8 Å². The highest BCUT2D eigenvalue weighted by atomic mass is 35.5. The molecule has 6 heteroatoms. The van der Waals surface area contributed by atoms with Gasteiger partial charge in [-0.2, -0.15) is 10.4 Å². The molecule has 1 amide bonds. The van der Waals surface area contributed by atoms with Gasteiger partial charge in [-0.25, -0.2) is 5.43 Å². The second-order valence-corrected chi connectivity index (χ2v) is 4.68. The molecule has 0 saturated heterocycles. The summed E-state index contributed by atoms with van der Waals surface area (Å²) in [6.07, 6.45) is 1.50.